The minimum absolute atomic E-state index is 0.526. The van der Waals surface area contributed by atoms with Crippen LogP contribution in [-0.2, 0) is 6.42 Å². The van der Waals surface area contributed by atoms with Crippen molar-refractivity contribution in [2.75, 3.05) is 39.3 Å². The van der Waals surface area contributed by atoms with Crippen LogP contribution in [0.25, 0.3) is 21.5 Å². The highest BCUT2D eigenvalue weighted by molar-refractivity contribution is 7.16. The van der Waals surface area contributed by atoms with E-state index >= 15 is 0 Å². The molecule has 0 unspecified atom stereocenters. The number of nitrogens with one attached hydrogen (secondary N) is 1. The maximum atomic E-state index is 11.1. The number of hydrogen-bond donors (Lipinski definition) is 2. The molecule has 0 saturated carbocycles. The van der Waals surface area contributed by atoms with Crippen LogP contribution in [0.1, 0.15) is 43.4 Å². The average Bonchev–Trinajstić information content (AvgIpc) is 3.33. The number of aryl methyl sites for hydroxylation is 2. The van der Waals surface area contributed by atoms with E-state index in [2.05, 4.69) is 72.1 Å². The maximum absolute atomic E-state index is 11.1. The first-order valence-corrected chi connectivity index (χ1v) is 12.6. The summed E-state index contributed by atoms with van der Waals surface area (Å²) in [4.78, 5) is 9.86. The molecule has 0 bridgehead atoms. The van der Waals surface area contributed by atoms with E-state index in [-0.39, 0.29) is 0 Å². The van der Waals surface area contributed by atoms with Crippen LogP contribution in [0, 0.1) is 13.8 Å². The number of hydrogen-bond acceptors (Lipinski definition) is 4. The topological polar surface area (TPSA) is 42.5 Å². The van der Waals surface area contributed by atoms with Gasteiger partial charge in [-0.1, -0.05) is 31.0 Å². The van der Waals surface area contributed by atoms with Gasteiger partial charge in [-0.2, -0.15) is 0 Å². The molecular formula is C26H37N3OS. The van der Waals surface area contributed by atoms with Gasteiger partial charge in [0.25, 0.3) is 0 Å². The lowest BCUT2D eigenvalue weighted by atomic mass is 9.90. The van der Waals surface area contributed by atoms with E-state index in [9.17, 15) is 5.11 Å². The van der Waals surface area contributed by atoms with Crippen LogP contribution in [0.5, 0.6) is 0 Å². The summed E-state index contributed by atoms with van der Waals surface area (Å²) in [6.45, 7) is 14.5. The number of H-pyrrole nitrogens is 1. The molecule has 0 radical (unpaired) electrons. The molecule has 4 rings (SSSR count). The normalized spacial score (nSPS) is 17.1. The standard InChI is InChI=1S/C26H37N3OS/c1-5-28(6-2)18-26(30)9-12-29(13-10-26)11-7-22-23-8-14-31-25(23)27-24(22)21-16-19(3)15-20(4)17-21/h8,14-17,27,30H,5-7,9-13,18H2,1-4H3. The van der Waals surface area contributed by atoms with Gasteiger partial charge in [0, 0.05) is 31.6 Å². The number of rotatable bonds is 8. The second-order valence-electron chi connectivity index (χ2n) is 9.30. The Balaban J connectivity index is 1.46. The van der Waals surface area contributed by atoms with E-state index in [1.54, 1.807) is 11.3 Å². The Labute approximate surface area is 190 Å². The molecule has 31 heavy (non-hydrogen) atoms. The van der Waals surface area contributed by atoms with Gasteiger partial charge in [-0.3, -0.25) is 0 Å². The Hall–Kier alpha value is -1.66. The zero-order valence-corrected chi connectivity index (χ0v) is 20.3. The number of piperidine rings is 1. The van der Waals surface area contributed by atoms with E-state index < -0.39 is 5.60 Å². The van der Waals surface area contributed by atoms with Crippen LogP contribution in [0.4, 0.5) is 0 Å². The lowest BCUT2D eigenvalue weighted by Crippen LogP contribution is -2.51. The van der Waals surface area contributed by atoms with E-state index in [0.717, 1.165) is 58.5 Å². The molecule has 5 heteroatoms. The van der Waals surface area contributed by atoms with Crippen molar-refractivity contribution in [3.05, 3.63) is 46.3 Å². The minimum Gasteiger partial charge on any atom is -0.388 e. The summed E-state index contributed by atoms with van der Waals surface area (Å²) >= 11 is 1.79. The van der Waals surface area contributed by atoms with Crippen LogP contribution in [-0.4, -0.2) is 64.8 Å². The quantitative estimate of drug-likeness (QED) is 0.505. The molecule has 0 spiro atoms. The van der Waals surface area contributed by atoms with Gasteiger partial charge < -0.3 is 19.9 Å². The van der Waals surface area contributed by atoms with Crippen molar-refractivity contribution in [2.24, 2.45) is 0 Å². The molecule has 1 saturated heterocycles. The van der Waals surface area contributed by atoms with Crippen LogP contribution in [0.3, 0.4) is 0 Å². The predicted molar refractivity (Wildman–Crippen MR) is 133 cm³/mol. The van der Waals surface area contributed by atoms with Crippen LogP contribution < -0.4 is 0 Å². The van der Waals surface area contributed by atoms with Crippen LogP contribution in [0.15, 0.2) is 29.6 Å². The molecule has 1 fully saturated rings. The van der Waals surface area contributed by atoms with Crippen molar-refractivity contribution in [1.29, 1.82) is 0 Å². The minimum atomic E-state index is -0.526. The molecule has 1 aromatic carbocycles. The summed E-state index contributed by atoms with van der Waals surface area (Å²) in [6.07, 6.45) is 2.77. The van der Waals surface area contributed by atoms with Gasteiger partial charge in [0.15, 0.2) is 0 Å². The Kier molecular flexibility index (Phi) is 6.87. The van der Waals surface area contributed by atoms with Crippen LogP contribution in [0.2, 0.25) is 0 Å². The molecule has 2 N–H and O–H groups in total. The van der Waals surface area contributed by atoms with Crippen molar-refractivity contribution in [2.45, 2.75) is 52.6 Å². The average molecular weight is 440 g/mol. The molecule has 0 aliphatic carbocycles. The second kappa shape index (κ2) is 9.45. The second-order valence-corrected chi connectivity index (χ2v) is 10.2. The van der Waals surface area contributed by atoms with E-state index in [4.69, 9.17) is 0 Å². The maximum Gasteiger partial charge on any atom is 0.100 e. The molecule has 2 aromatic heterocycles. The van der Waals surface area contributed by atoms with Crippen LogP contribution >= 0.6 is 11.3 Å². The van der Waals surface area contributed by atoms with E-state index in [1.165, 1.54) is 38.2 Å². The number of fused-ring (bicyclic) bond motifs is 1. The lowest BCUT2D eigenvalue weighted by Gasteiger charge is -2.40. The molecular weight excluding hydrogens is 402 g/mol. The number of aliphatic hydroxyl groups is 1. The molecule has 3 heterocycles. The smallest absolute Gasteiger partial charge is 0.100 e. The summed E-state index contributed by atoms with van der Waals surface area (Å²) < 4.78 is 0. The Morgan fingerprint density at radius 1 is 1.10 bits per heavy atom. The van der Waals surface area contributed by atoms with Gasteiger partial charge >= 0.3 is 0 Å². The Morgan fingerprint density at radius 2 is 1.77 bits per heavy atom. The largest absolute Gasteiger partial charge is 0.388 e. The monoisotopic (exact) mass is 439 g/mol. The fraction of sp³-hybridized carbons (Fsp3) is 0.538. The highest BCUT2D eigenvalue weighted by Crippen LogP contribution is 2.35. The summed E-state index contributed by atoms with van der Waals surface area (Å²) in [5, 5.41) is 14.6. The Morgan fingerprint density at radius 3 is 2.42 bits per heavy atom. The zero-order valence-electron chi connectivity index (χ0n) is 19.5. The summed E-state index contributed by atoms with van der Waals surface area (Å²) in [7, 11) is 0. The van der Waals surface area contributed by atoms with Crippen molar-refractivity contribution >= 4 is 21.6 Å². The Bertz CT molecular complexity index is 989. The number of aromatic amines is 1. The third-order valence-electron chi connectivity index (χ3n) is 6.92. The van der Waals surface area contributed by atoms with Gasteiger partial charge in [-0.25, -0.2) is 0 Å². The van der Waals surface area contributed by atoms with Gasteiger partial charge in [0.1, 0.15) is 4.83 Å². The number of likely N-dealkylation sites (N-methyl/N-ethyl adjacent to an activating group) is 1. The number of likely N-dealkylation sites (tertiary alicyclic amines) is 1. The highest BCUT2D eigenvalue weighted by Gasteiger charge is 2.33. The molecule has 0 amide bonds. The van der Waals surface area contributed by atoms with Gasteiger partial charge in [0.05, 0.1) is 11.3 Å². The number of aromatic nitrogens is 1. The molecule has 0 atom stereocenters. The summed E-state index contributed by atoms with van der Waals surface area (Å²) in [6, 6.07) is 9.08. The highest BCUT2D eigenvalue weighted by atomic mass is 32.1. The molecule has 1 aliphatic heterocycles. The van der Waals surface area contributed by atoms with Gasteiger partial charge in [-0.15, -0.1) is 11.3 Å². The summed E-state index contributed by atoms with van der Waals surface area (Å²) in [5.41, 5.74) is 6.10. The number of nitrogens with zero attached hydrogens (tertiary/aromatic N) is 2. The molecule has 3 aromatic rings. The summed E-state index contributed by atoms with van der Waals surface area (Å²) in [5.74, 6) is 0. The van der Waals surface area contributed by atoms with Crippen molar-refractivity contribution in [1.82, 2.24) is 14.8 Å². The van der Waals surface area contributed by atoms with Crippen molar-refractivity contribution in [3.8, 4) is 11.3 Å². The number of thiophene rings is 1. The molecule has 1 aliphatic rings. The lowest BCUT2D eigenvalue weighted by molar-refractivity contribution is -0.0434. The third kappa shape index (κ3) is 5.06. The third-order valence-corrected chi connectivity index (χ3v) is 7.75. The van der Waals surface area contributed by atoms with Gasteiger partial charge in [-0.05, 0) is 80.9 Å². The van der Waals surface area contributed by atoms with Gasteiger partial charge in [0.2, 0.25) is 0 Å². The predicted octanol–water partition coefficient (Wildman–Crippen LogP) is 5.22. The fourth-order valence-electron chi connectivity index (χ4n) is 5.08. The van der Waals surface area contributed by atoms with E-state index in [1.807, 2.05) is 0 Å². The first-order chi connectivity index (χ1) is 14.9. The molecule has 4 nitrogen and oxygen atoms in total. The van der Waals surface area contributed by atoms with E-state index in [0.29, 0.717) is 0 Å². The fourth-order valence-corrected chi connectivity index (χ4v) is 5.90. The van der Waals surface area contributed by atoms with Crippen molar-refractivity contribution < 1.29 is 5.11 Å². The number of benzene rings is 1. The first-order valence-electron chi connectivity index (χ1n) is 11.7. The van der Waals surface area contributed by atoms with Crippen molar-refractivity contribution in [3.63, 3.8) is 0 Å². The first kappa shape index (κ1) is 22.5. The molecule has 168 valence electrons. The SMILES string of the molecule is CCN(CC)CC1(O)CCN(CCc2c(-c3cc(C)cc(C)c3)[nH]c3sccc23)CC1. The zero-order chi connectivity index (χ0) is 22.0.